The number of thiazole rings is 1. The van der Waals surface area contributed by atoms with Crippen molar-refractivity contribution in [2.45, 2.75) is 19.0 Å². The summed E-state index contributed by atoms with van der Waals surface area (Å²) in [6.07, 6.45) is 0. The van der Waals surface area contributed by atoms with Gasteiger partial charge in [0.15, 0.2) is 5.54 Å². The second-order valence-electron chi connectivity index (χ2n) is 6.67. The van der Waals surface area contributed by atoms with Crippen LogP contribution in [0.5, 0.6) is 0 Å². The van der Waals surface area contributed by atoms with Gasteiger partial charge in [-0.3, -0.25) is 9.69 Å². The Bertz CT molecular complexity index is 1150. The summed E-state index contributed by atoms with van der Waals surface area (Å²) in [5.74, 6) is 0.0830. The number of carbonyl (C=O) groups is 2. The van der Waals surface area contributed by atoms with Crippen LogP contribution in [0.3, 0.4) is 0 Å². The molecule has 6 nitrogen and oxygen atoms in total. The number of urea groups is 1. The zero-order chi connectivity index (χ0) is 18.6. The van der Waals surface area contributed by atoms with Crippen molar-refractivity contribution in [3.63, 3.8) is 0 Å². The fourth-order valence-electron chi connectivity index (χ4n) is 3.36. The molecule has 3 amide bonds. The number of hydrogen-bond acceptors (Lipinski definition) is 5. The van der Waals surface area contributed by atoms with E-state index < -0.39 is 11.6 Å². The van der Waals surface area contributed by atoms with Crippen molar-refractivity contribution in [3.05, 3.63) is 65.4 Å². The highest BCUT2D eigenvalue weighted by atomic mass is 32.1. The lowest BCUT2D eigenvalue weighted by molar-refractivity contribution is -0.132. The van der Waals surface area contributed by atoms with E-state index in [0.29, 0.717) is 16.4 Å². The smallest absolute Gasteiger partial charge is 0.325 e. The van der Waals surface area contributed by atoms with Crippen LogP contribution in [0.15, 0.2) is 59.0 Å². The predicted octanol–water partition coefficient (Wildman–Crippen LogP) is 4.01. The Kier molecular flexibility index (Phi) is 3.35. The Morgan fingerprint density at radius 1 is 1.15 bits per heavy atom. The first-order valence-electron chi connectivity index (χ1n) is 8.52. The van der Waals surface area contributed by atoms with E-state index in [0.717, 1.165) is 15.6 Å². The molecule has 1 aliphatic rings. The zero-order valence-electron chi connectivity index (χ0n) is 14.4. The van der Waals surface area contributed by atoms with E-state index in [1.165, 1.54) is 16.2 Å². The minimum atomic E-state index is -1.23. The number of furan rings is 1. The monoisotopic (exact) mass is 377 g/mol. The molecular weight excluding hydrogens is 362 g/mol. The van der Waals surface area contributed by atoms with E-state index in [1.807, 2.05) is 48.5 Å². The lowest BCUT2D eigenvalue weighted by atomic mass is 9.99. The Morgan fingerprint density at radius 3 is 2.74 bits per heavy atom. The van der Waals surface area contributed by atoms with E-state index >= 15 is 0 Å². The molecule has 0 radical (unpaired) electrons. The lowest BCUT2D eigenvalue weighted by Crippen LogP contribution is -2.40. The second kappa shape index (κ2) is 5.65. The van der Waals surface area contributed by atoms with Gasteiger partial charge in [-0.05, 0) is 31.2 Å². The van der Waals surface area contributed by atoms with Gasteiger partial charge in [0, 0.05) is 5.39 Å². The van der Waals surface area contributed by atoms with E-state index in [4.69, 9.17) is 4.42 Å². The molecule has 0 bridgehead atoms. The summed E-state index contributed by atoms with van der Waals surface area (Å²) in [7, 11) is 0. The maximum atomic E-state index is 13.1. The molecule has 0 saturated carbocycles. The molecule has 0 aliphatic carbocycles. The number of hydrogen-bond donors (Lipinski definition) is 1. The fraction of sp³-hybridized carbons (Fsp3) is 0.150. The summed E-state index contributed by atoms with van der Waals surface area (Å²) in [6.45, 7) is 1.81. The molecule has 2 aromatic carbocycles. The highest BCUT2D eigenvalue weighted by Gasteiger charge is 2.51. The molecule has 0 spiro atoms. The topological polar surface area (TPSA) is 75.4 Å². The second-order valence-corrected chi connectivity index (χ2v) is 7.79. The van der Waals surface area contributed by atoms with Gasteiger partial charge >= 0.3 is 6.03 Å². The van der Waals surface area contributed by atoms with Crippen LogP contribution >= 0.6 is 11.3 Å². The van der Waals surface area contributed by atoms with Gasteiger partial charge in [-0.1, -0.05) is 30.3 Å². The number of nitrogens with one attached hydrogen (secondary N) is 1. The van der Waals surface area contributed by atoms with Crippen LogP contribution in [0.1, 0.15) is 17.7 Å². The third-order valence-corrected chi connectivity index (χ3v) is 5.85. The third-order valence-electron chi connectivity index (χ3n) is 4.82. The third kappa shape index (κ3) is 2.43. The summed E-state index contributed by atoms with van der Waals surface area (Å²) < 4.78 is 6.87. The summed E-state index contributed by atoms with van der Waals surface area (Å²) in [4.78, 5) is 31.4. The first-order chi connectivity index (χ1) is 13.0. The number of amides is 3. The molecule has 134 valence electrons. The van der Waals surface area contributed by atoms with Crippen molar-refractivity contribution in [2.75, 3.05) is 0 Å². The highest BCUT2D eigenvalue weighted by molar-refractivity contribution is 7.18. The molecule has 2 aromatic heterocycles. The van der Waals surface area contributed by atoms with E-state index in [2.05, 4.69) is 10.3 Å². The minimum Gasteiger partial charge on any atom is -0.458 e. The molecule has 7 heteroatoms. The molecule has 5 rings (SSSR count). The van der Waals surface area contributed by atoms with Gasteiger partial charge in [-0.15, -0.1) is 11.3 Å². The molecule has 1 atom stereocenters. The van der Waals surface area contributed by atoms with E-state index in [9.17, 15) is 9.59 Å². The van der Waals surface area contributed by atoms with Gasteiger partial charge in [0.2, 0.25) is 0 Å². The van der Waals surface area contributed by atoms with Crippen molar-refractivity contribution in [2.24, 2.45) is 0 Å². The number of rotatable bonds is 3. The SMILES string of the molecule is C[C@]1(c2cc3ccccc3o2)NC(=O)N(Cc2nc3ccccc3s2)C1=O. The van der Waals surface area contributed by atoms with Crippen molar-refractivity contribution >= 4 is 44.5 Å². The average molecular weight is 377 g/mol. The molecule has 1 saturated heterocycles. The lowest BCUT2D eigenvalue weighted by Gasteiger charge is -2.18. The van der Waals surface area contributed by atoms with E-state index in [-0.39, 0.29) is 12.5 Å². The van der Waals surface area contributed by atoms with Crippen LogP contribution in [-0.4, -0.2) is 21.8 Å². The van der Waals surface area contributed by atoms with Crippen LogP contribution in [0, 0.1) is 0 Å². The number of fused-ring (bicyclic) bond motifs is 2. The van der Waals surface area contributed by atoms with Crippen molar-refractivity contribution < 1.29 is 14.0 Å². The molecule has 4 aromatic rings. The number of carbonyl (C=O) groups excluding carboxylic acids is 2. The van der Waals surface area contributed by atoms with Gasteiger partial charge < -0.3 is 9.73 Å². The zero-order valence-corrected chi connectivity index (χ0v) is 15.2. The maximum Gasteiger partial charge on any atom is 0.325 e. The van der Waals surface area contributed by atoms with Crippen LogP contribution in [0.25, 0.3) is 21.2 Å². The first-order valence-corrected chi connectivity index (χ1v) is 9.34. The van der Waals surface area contributed by atoms with Gasteiger partial charge in [0.1, 0.15) is 16.4 Å². The largest absolute Gasteiger partial charge is 0.458 e. The quantitative estimate of drug-likeness (QED) is 0.548. The first kappa shape index (κ1) is 16.0. The summed E-state index contributed by atoms with van der Waals surface area (Å²) >= 11 is 1.48. The van der Waals surface area contributed by atoms with Gasteiger partial charge in [-0.25, -0.2) is 9.78 Å². The Balaban J connectivity index is 1.48. The molecule has 0 unspecified atom stereocenters. The minimum absolute atomic E-state index is 0.139. The fourth-order valence-corrected chi connectivity index (χ4v) is 4.32. The van der Waals surface area contributed by atoms with Gasteiger partial charge in [-0.2, -0.15) is 0 Å². The number of aromatic nitrogens is 1. The standard InChI is InChI=1S/C20H15N3O3S/c1-20(16-10-12-6-2-4-8-14(12)26-16)18(24)23(19(25)22-20)11-17-21-13-7-3-5-9-15(13)27-17/h2-10H,11H2,1H3,(H,22,25)/t20-/m1/s1. The maximum absolute atomic E-state index is 13.1. The predicted molar refractivity (Wildman–Crippen MR) is 102 cm³/mol. The normalized spacial score (nSPS) is 20.0. The number of para-hydroxylation sites is 2. The average Bonchev–Trinajstić information content (AvgIpc) is 3.33. The number of nitrogens with zero attached hydrogens (tertiary/aromatic N) is 2. The van der Waals surface area contributed by atoms with Crippen LogP contribution in [0.2, 0.25) is 0 Å². The Labute approximate surface area is 158 Å². The van der Waals surface area contributed by atoms with Crippen molar-refractivity contribution in [1.29, 1.82) is 0 Å². The summed E-state index contributed by atoms with van der Waals surface area (Å²) in [5.41, 5.74) is 0.317. The molecule has 3 heterocycles. The van der Waals surface area contributed by atoms with Crippen molar-refractivity contribution in [3.8, 4) is 0 Å². The van der Waals surface area contributed by atoms with Gasteiger partial charge in [0.25, 0.3) is 5.91 Å². The molecular formula is C20H15N3O3S. The number of imide groups is 1. The molecule has 1 fully saturated rings. The highest BCUT2D eigenvalue weighted by Crippen LogP contribution is 2.34. The van der Waals surface area contributed by atoms with Gasteiger partial charge in [0.05, 0.1) is 16.8 Å². The molecule has 27 heavy (non-hydrogen) atoms. The molecule has 1 aliphatic heterocycles. The van der Waals surface area contributed by atoms with E-state index in [1.54, 1.807) is 13.0 Å². The molecule has 1 N–H and O–H groups in total. The summed E-state index contributed by atoms with van der Waals surface area (Å²) in [6, 6.07) is 16.6. The Morgan fingerprint density at radius 2 is 1.93 bits per heavy atom. The van der Waals surface area contributed by atoms with Crippen LogP contribution < -0.4 is 5.32 Å². The van der Waals surface area contributed by atoms with Crippen LogP contribution in [0.4, 0.5) is 4.79 Å². The summed E-state index contributed by atoms with van der Waals surface area (Å²) in [5, 5.41) is 4.39. The van der Waals surface area contributed by atoms with Crippen molar-refractivity contribution in [1.82, 2.24) is 15.2 Å². The number of benzene rings is 2. The van der Waals surface area contributed by atoms with Crippen LogP contribution in [-0.2, 0) is 16.9 Å². The Hall–Kier alpha value is -3.19.